The summed E-state index contributed by atoms with van der Waals surface area (Å²) in [6.45, 7) is 11.5. The summed E-state index contributed by atoms with van der Waals surface area (Å²) >= 11 is 0. The van der Waals surface area contributed by atoms with Gasteiger partial charge in [-0.2, -0.15) is 0 Å². The number of rotatable bonds is 6. The number of allylic oxidation sites excluding steroid dienone is 1. The highest BCUT2D eigenvalue weighted by Crippen LogP contribution is 2.32. The van der Waals surface area contributed by atoms with Gasteiger partial charge in [0.2, 0.25) is 0 Å². The van der Waals surface area contributed by atoms with E-state index in [2.05, 4.69) is 39.1 Å². The standard InChI is InChI=1S/C16H31N/c1-13(2)12-17-11-5-6-15(4)16-9-7-14(3)8-10-16/h6,13-14,16-17H,5,7-12H2,1-4H3. The van der Waals surface area contributed by atoms with E-state index in [9.17, 15) is 0 Å². The highest BCUT2D eigenvalue weighted by atomic mass is 14.8. The summed E-state index contributed by atoms with van der Waals surface area (Å²) in [7, 11) is 0. The third-order valence-corrected chi connectivity index (χ3v) is 4.00. The highest BCUT2D eigenvalue weighted by molar-refractivity contribution is 5.04. The first kappa shape index (κ1) is 14.8. The molecule has 0 heterocycles. The molecule has 0 atom stereocenters. The lowest BCUT2D eigenvalue weighted by molar-refractivity contribution is 0.319. The zero-order valence-electron chi connectivity index (χ0n) is 12.3. The molecule has 1 saturated carbocycles. The molecule has 0 bridgehead atoms. The van der Waals surface area contributed by atoms with Gasteiger partial charge in [-0.15, -0.1) is 0 Å². The third-order valence-electron chi connectivity index (χ3n) is 4.00. The van der Waals surface area contributed by atoms with Crippen molar-refractivity contribution in [2.75, 3.05) is 13.1 Å². The number of nitrogens with one attached hydrogen (secondary N) is 1. The Morgan fingerprint density at radius 3 is 2.47 bits per heavy atom. The lowest BCUT2D eigenvalue weighted by Crippen LogP contribution is -2.20. The van der Waals surface area contributed by atoms with Gasteiger partial charge in [0.1, 0.15) is 0 Å². The molecule has 1 rings (SSSR count). The second kappa shape index (κ2) is 7.92. The Hall–Kier alpha value is -0.300. The summed E-state index contributed by atoms with van der Waals surface area (Å²) in [5.41, 5.74) is 1.64. The van der Waals surface area contributed by atoms with Crippen molar-refractivity contribution in [1.82, 2.24) is 5.32 Å². The van der Waals surface area contributed by atoms with E-state index < -0.39 is 0 Å². The minimum absolute atomic E-state index is 0.764. The van der Waals surface area contributed by atoms with Gasteiger partial charge < -0.3 is 5.32 Å². The number of hydrogen-bond acceptors (Lipinski definition) is 1. The molecule has 0 radical (unpaired) electrons. The maximum atomic E-state index is 3.51. The maximum absolute atomic E-state index is 3.51. The van der Waals surface area contributed by atoms with Crippen molar-refractivity contribution in [3.8, 4) is 0 Å². The predicted molar refractivity (Wildman–Crippen MR) is 77.2 cm³/mol. The van der Waals surface area contributed by atoms with Crippen LogP contribution >= 0.6 is 0 Å². The van der Waals surface area contributed by atoms with Gasteiger partial charge >= 0.3 is 0 Å². The molecule has 0 aromatic carbocycles. The normalized spacial score (nSPS) is 26.5. The van der Waals surface area contributed by atoms with Crippen LogP contribution in [0.5, 0.6) is 0 Å². The molecule has 0 unspecified atom stereocenters. The molecule has 100 valence electrons. The average molecular weight is 237 g/mol. The SMILES string of the molecule is CC(=CCCNCC(C)C)C1CCC(C)CC1. The van der Waals surface area contributed by atoms with Crippen molar-refractivity contribution in [2.45, 2.75) is 59.8 Å². The molecule has 1 aliphatic rings. The van der Waals surface area contributed by atoms with Gasteiger partial charge in [-0.1, -0.05) is 45.3 Å². The monoisotopic (exact) mass is 237 g/mol. The average Bonchev–Trinajstić information content (AvgIpc) is 2.29. The first-order valence-corrected chi connectivity index (χ1v) is 7.47. The second-order valence-corrected chi connectivity index (χ2v) is 6.29. The summed E-state index contributed by atoms with van der Waals surface area (Å²) in [6.07, 6.45) is 9.37. The van der Waals surface area contributed by atoms with Crippen LogP contribution in [0.1, 0.15) is 59.8 Å². The molecule has 17 heavy (non-hydrogen) atoms. The molecule has 1 N–H and O–H groups in total. The molecule has 0 aromatic rings. The lowest BCUT2D eigenvalue weighted by Gasteiger charge is -2.26. The van der Waals surface area contributed by atoms with E-state index in [1.54, 1.807) is 5.57 Å². The van der Waals surface area contributed by atoms with Crippen molar-refractivity contribution < 1.29 is 0 Å². The van der Waals surface area contributed by atoms with Gasteiger partial charge in [0.05, 0.1) is 0 Å². The Morgan fingerprint density at radius 1 is 1.24 bits per heavy atom. The molecular weight excluding hydrogens is 206 g/mol. The van der Waals surface area contributed by atoms with Crippen LogP contribution in [0.4, 0.5) is 0 Å². The lowest BCUT2D eigenvalue weighted by atomic mass is 9.79. The molecule has 0 spiro atoms. The van der Waals surface area contributed by atoms with Gasteiger partial charge in [0.25, 0.3) is 0 Å². The summed E-state index contributed by atoms with van der Waals surface area (Å²) in [6, 6.07) is 0. The first-order chi connectivity index (χ1) is 8.09. The zero-order valence-corrected chi connectivity index (χ0v) is 12.3. The van der Waals surface area contributed by atoms with Crippen molar-refractivity contribution in [3.05, 3.63) is 11.6 Å². The molecule has 1 nitrogen and oxygen atoms in total. The molecule has 0 amide bonds. The summed E-state index contributed by atoms with van der Waals surface area (Å²) in [4.78, 5) is 0. The van der Waals surface area contributed by atoms with Gasteiger partial charge in [-0.05, 0) is 57.0 Å². The fourth-order valence-corrected chi connectivity index (χ4v) is 2.67. The summed E-state index contributed by atoms with van der Waals surface area (Å²) in [5, 5.41) is 3.51. The zero-order chi connectivity index (χ0) is 12.7. The van der Waals surface area contributed by atoms with Crippen LogP contribution in [0.15, 0.2) is 11.6 Å². The first-order valence-electron chi connectivity index (χ1n) is 7.47. The van der Waals surface area contributed by atoms with E-state index in [0.717, 1.165) is 30.8 Å². The predicted octanol–water partition coefficient (Wildman–Crippen LogP) is 4.39. The van der Waals surface area contributed by atoms with Gasteiger partial charge in [0, 0.05) is 0 Å². The Morgan fingerprint density at radius 2 is 1.88 bits per heavy atom. The van der Waals surface area contributed by atoms with Gasteiger partial charge in [-0.3, -0.25) is 0 Å². The van der Waals surface area contributed by atoms with E-state index in [0.29, 0.717) is 0 Å². The van der Waals surface area contributed by atoms with E-state index in [-0.39, 0.29) is 0 Å². The van der Waals surface area contributed by atoms with E-state index in [1.807, 2.05) is 0 Å². The minimum Gasteiger partial charge on any atom is -0.316 e. The molecule has 0 saturated heterocycles. The number of hydrogen-bond donors (Lipinski definition) is 1. The van der Waals surface area contributed by atoms with Crippen LogP contribution in [0.2, 0.25) is 0 Å². The smallest absolute Gasteiger partial charge is 0.00141 e. The van der Waals surface area contributed by atoms with Crippen molar-refractivity contribution >= 4 is 0 Å². The van der Waals surface area contributed by atoms with E-state index in [1.165, 1.54) is 32.1 Å². The van der Waals surface area contributed by atoms with Crippen molar-refractivity contribution in [2.24, 2.45) is 17.8 Å². The Kier molecular flexibility index (Phi) is 6.87. The summed E-state index contributed by atoms with van der Waals surface area (Å²) in [5.74, 6) is 2.61. The fraction of sp³-hybridized carbons (Fsp3) is 0.875. The van der Waals surface area contributed by atoms with Gasteiger partial charge in [-0.25, -0.2) is 0 Å². The Labute approximate surface area is 108 Å². The van der Waals surface area contributed by atoms with Crippen molar-refractivity contribution in [1.29, 1.82) is 0 Å². The Bertz CT molecular complexity index is 222. The van der Waals surface area contributed by atoms with Crippen LogP contribution < -0.4 is 5.32 Å². The summed E-state index contributed by atoms with van der Waals surface area (Å²) < 4.78 is 0. The third kappa shape index (κ3) is 6.26. The highest BCUT2D eigenvalue weighted by Gasteiger charge is 2.18. The van der Waals surface area contributed by atoms with Gasteiger partial charge in [0.15, 0.2) is 0 Å². The van der Waals surface area contributed by atoms with Crippen LogP contribution in [-0.4, -0.2) is 13.1 Å². The van der Waals surface area contributed by atoms with Crippen LogP contribution in [0.25, 0.3) is 0 Å². The van der Waals surface area contributed by atoms with E-state index >= 15 is 0 Å². The minimum atomic E-state index is 0.764. The largest absolute Gasteiger partial charge is 0.316 e. The fourth-order valence-electron chi connectivity index (χ4n) is 2.67. The van der Waals surface area contributed by atoms with Crippen LogP contribution in [0.3, 0.4) is 0 Å². The second-order valence-electron chi connectivity index (χ2n) is 6.29. The van der Waals surface area contributed by atoms with Crippen molar-refractivity contribution in [3.63, 3.8) is 0 Å². The van der Waals surface area contributed by atoms with Crippen LogP contribution in [0, 0.1) is 17.8 Å². The molecule has 1 heteroatoms. The molecule has 0 aliphatic heterocycles. The molecule has 0 aromatic heterocycles. The molecular formula is C16H31N. The quantitative estimate of drug-likeness (QED) is 0.533. The molecule has 1 fully saturated rings. The van der Waals surface area contributed by atoms with Crippen LogP contribution in [-0.2, 0) is 0 Å². The molecule has 1 aliphatic carbocycles. The van der Waals surface area contributed by atoms with E-state index in [4.69, 9.17) is 0 Å². The maximum Gasteiger partial charge on any atom is -0.00141 e. The topological polar surface area (TPSA) is 12.0 Å². The Balaban J connectivity index is 2.15.